The number of hydrogen-bond donors (Lipinski definition) is 0. The number of hydrogen-bond acceptors (Lipinski definition) is 0. The zero-order chi connectivity index (χ0) is 6.95. The van der Waals surface area contributed by atoms with Crippen LogP contribution < -0.4 is 0 Å². The Kier molecular flexibility index (Phi) is 7.39. The summed E-state index contributed by atoms with van der Waals surface area (Å²) >= 11 is 0. The van der Waals surface area contributed by atoms with Gasteiger partial charge in [0.05, 0.1) is 6.67 Å². The van der Waals surface area contributed by atoms with Crippen LogP contribution in [0, 0.1) is 6.92 Å². The highest BCUT2D eigenvalue weighted by Gasteiger charge is 1.81. The molecular weight excluding hydrogens is 115 g/mol. The van der Waals surface area contributed by atoms with Crippen LogP contribution in [0.2, 0.25) is 0 Å². The highest BCUT2D eigenvalue weighted by molar-refractivity contribution is 4.81. The van der Waals surface area contributed by atoms with Gasteiger partial charge in [0, 0.05) is 0 Å². The van der Waals surface area contributed by atoms with E-state index in [4.69, 9.17) is 0 Å². The van der Waals surface area contributed by atoms with Crippen molar-refractivity contribution >= 4 is 0 Å². The Morgan fingerprint density at radius 3 is 2.56 bits per heavy atom. The second-order valence-corrected chi connectivity index (χ2v) is 1.94. The molecule has 0 amide bonds. The lowest BCUT2D eigenvalue weighted by atomic mass is 10.2. The van der Waals surface area contributed by atoms with Gasteiger partial charge in [-0.25, -0.2) is 0 Å². The van der Waals surface area contributed by atoms with E-state index in [-0.39, 0.29) is 6.67 Å². The molecular formula is C8H14F. The number of halogens is 1. The Hall–Kier alpha value is -0.330. The molecule has 0 aromatic carbocycles. The fraction of sp³-hybridized carbons (Fsp3) is 0.625. The maximum Gasteiger partial charge on any atom is 0.0894 e. The normalized spacial score (nSPS) is 10.9. The van der Waals surface area contributed by atoms with Gasteiger partial charge in [0.15, 0.2) is 0 Å². The van der Waals surface area contributed by atoms with Gasteiger partial charge < -0.3 is 0 Å². The van der Waals surface area contributed by atoms with Crippen LogP contribution in [0.1, 0.15) is 25.7 Å². The van der Waals surface area contributed by atoms with Crippen molar-refractivity contribution in [3.05, 3.63) is 19.1 Å². The fourth-order valence-electron chi connectivity index (χ4n) is 0.592. The summed E-state index contributed by atoms with van der Waals surface area (Å²) in [6, 6.07) is 0. The van der Waals surface area contributed by atoms with E-state index in [1.165, 1.54) is 0 Å². The van der Waals surface area contributed by atoms with Crippen LogP contribution in [0.5, 0.6) is 0 Å². The summed E-state index contributed by atoms with van der Waals surface area (Å²) in [7, 11) is 0. The summed E-state index contributed by atoms with van der Waals surface area (Å²) in [5.74, 6) is 0. The van der Waals surface area contributed by atoms with Gasteiger partial charge in [-0.05, 0) is 32.6 Å². The molecule has 0 atom stereocenters. The van der Waals surface area contributed by atoms with Crippen molar-refractivity contribution in [3.63, 3.8) is 0 Å². The molecule has 1 radical (unpaired) electrons. The van der Waals surface area contributed by atoms with Crippen LogP contribution in [0.3, 0.4) is 0 Å². The molecule has 0 saturated heterocycles. The lowest BCUT2D eigenvalue weighted by Crippen LogP contribution is -1.74. The third-order valence-corrected chi connectivity index (χ3v) is 1.09. The molecule has 1 heteroatoms. The van der Waals surface area contributed by atoms with E-state index < -0.39 is 0 Å². The summed E-state index contributed by atoms with van der Waals surface area (Å²) in [5.41, 5.74) is 0. The van der Waals surface area contributed by atoms with Gasteiger partial charge >= 0.3 is 0 Å². The first-order chi connectivity index (χ1) is 4.41. The summed E-state index contributed by atoms with van der Waals surface area (Å²) in [5, 5.41) is 0. The summed E-state index contributed by atoms with van der Waals surface area (Å²) < 4.78 is 11.5. The predicted octanol–water partition coefficient (Wildman–Crippen LogP) is 2.91. The van der Waals surface area contributed by atoms with E-state index in [1.54, 1.807) is 0 Å². The van der Waals surface area contributed by atoms with Gasteiger partial charge in [0.1, 0.15) is 0 Å². The van der Waals surface area contributed by atoms with Crippen LogP contribution in [0.15, 0.2) is 12.2 Å². The molecule has 0 N–H and O–H groups in total. The van der Waals surface area contributed by atoms with E-state index in [0.29, 0.717) is 6.42 Å². The predicted molar refractivity (Wildman–Crippen MR) is 38.9 cm³/mol. The van der Waals surface area contributed by atoms with E-state index in [2.05, 4.69) is 13.0 Å². The minimum Gasteiger partial charge on any atom is -0.251 e. The Balaban J connectivity index is 2.82. The molecule has 0 aliphatic carbocycles. The second-order valence-electron chi connectivity index (χ2n) is 1.94. The average Bonchev–Trinajstić information content (AvgIpc) is 1.89. The standard InChI is InChI=1S/C8H14F/c1-2-3-4-5-6-7-8-9/h3-4H,1-2,5-8H2. The van der Waals surface area contributed by atoms with Gasteiger partial charge in [0.25, 0.3) is 0 Å². The molecule has 0 saturated carbocycles. The lowest BCUT2D eigenvalue weighted by Gasteiger charge is -1.88. The minimum absolute atomic E-state index is 0.182. The second kappa shape index (κ2) is 7.67. The summed E-state index contributed by atoms with van der Waals surface area (Å²) in [6.45, 7) is 3.46. The van der Waals surface area contributed by atoms with Gasteiger partial charge in [-0.2, -0.15) is 0 Å². The Morgan fingerprint density at radius 1 is 1.22 bits per heavy atom. The van der Waals surface area contributed by atoms with Gasteiger partial charge in [-0.3, -0.25) is 4.39 Å². The topological polar surface area (TPSA) is 0 Å². The zero-order valence-corrected chi connectivity index (χ0v) is 5.78. The number of allylic oxidation sites excluding steroid dienone is 2. The Bertz CT molecular complexity index is 67.0. The molecule has 9 heavy (non-hydrogen) atoms. The van der Waals surface area contributed by atoms with E-state index in [0.717, 1.165) is 19.3 Å². The van der Waals surface area contributed by atoms with Crippen molar-refractivity contribution in [1.29, 1.82) is 0 Å². The SMILES string of the molecule is [CH2]CC=CCCCCF. The molecule has 0 bridgehead atoms. The quantitative estimate of drug-likeness (QED) is 0.395. The van der Waals surface area contributed by atoms with Crippen molar-refractivity contribution < 1.29 is 4.39 Å². The van der Waals surface area contributed by atoms with Gasteiger partial charge in [-0.1, -0.05) is 12.2 Å². The van der Waals surface area contributed by atoms with Crippen LogP contribution in [-0.2, 0) is 0 Å². The summed E-state index contributed by atoms with van der Waals surface area (Å²) in [6.07, 6.45) is 7.57. The first-order valence-electron chi connectivity index (χ1n) is 3.42. The molecule has 0 aliphatic rings. The molecule has 0 fully saturated rings. The van der Waals surface area contributed by atoms with Crippen LogP contribution >= 0.6 is 0 Å². The zero-order valence-electron chi connectivity index (χ0n) is 5.78. The highest BCUT2D eigenvalue weighted by atomic mass is 19.1. The van der Waals surface area contributed by atoms with Crippen LogP contribution in [0.4, 0.5) is 4.39 Å². The Morgan fingerprint density at radius 2 is 2.00 bits per heavy atom. The van der Waals surface area contributed by atoms with E-state index in [9.17, 15) is 4.39 Å². The molecule has 0 aromatic rings. The third kappa shape index (κ3) is 7.67. The van der Waals surface area contributed by atoms with Crippen molar-refractivity contribution in [1.82, 2.24) is 0 Å². The molecule has 0 unspecified atom stereocenters. The number of unbranched alkanes of at least 4 members (excludes halogenated alkanes) is 2. The highest BCUT2D eigenvalue weighted by Crippen LogP contribution is 1.96. The van der Waals surface area contributed by atoms with E-state index >= 15 is 0 Å². The fourth-order valence-corrected chi connectivity index (χ4v) is 0.592. The number of rotatable bonds is 5. The largest absolute Gasteiger partial charge is 0.251 e. The van der Waals surface area contributed by atoms with Crippen LogP contribution in [0.25, 0.3) is 0 Å². The van der Waals surface area contributed by atoms with Crippen LogP contribution in [-0.4, -0.2) is 6.67 Å². The molecule has 0 aliphatic heterocycles. The Labute approximate surface area is 56.8 Å². The van der Waals surface area contributed by atoms with Crippen molar-refractivity contribution in [2.75, 3.05) is 6.67 Å². The maximum atomic E-state index is 11.5. The van der Waals surface area contributed by atoms with Crippen molar-refractivity contribution in [2.45, 2.75) is 25.7 Å². The molecule has 53 valence electrons. The third-order valence-electron chi connectivity index (χ3n) is 1.09. The lowest BCUT2D eigenvalue weighted by molar-refractivity contribution is 0.463. The molecule has 0 spiro atoms. The number of alkyl halides is 1. The van der Waals surface area contributed by atoms with Crippen molar-refractivity contribution in [3.8, 4) is 0 Å². The first kappa shape index (κ1) is 8.67. The minimum atomic E-state index is -0.182. The molecule has 0 heterocycles. The first-order valence-corrected chi connectivity index (χ1v) is 3.42. The molecule has 0 nitrogen and oxygen atoms in total. The van der Waals surface area contributed by atoms with Crippen molar-refractivity contribution in [2.24, 2.45) is 0 Å². The van der Waals surface area contributed by atoms with E-state index in [1.807, 2.05) is 6.08 Å². The molecule has 0 aromatic heterocycles. The maximum absolute atomic E-state index is 11.5. The van der Waals surface area contributed by atoms with Gasteiger partial charge in [0.2, 0.25) is 0 Å². The molecule has 0 rings (SSSR count). The smallest absolute Gasteiger partial charge is 0.0894 e. The van der Waals surface area contributed by atoms with Gasteiger partial charge in [-0.15, -0.1) is 0 Å². The summed E-state index contributed by atoms with van der Waals surface area (Å²) in [4.78, 5) is 0. The monoisotopic (exact) mass is 129 g/mol. The average molecular weight is 129 g/mol.